The molecule has 0 heterocycles. The number of amides is 1. The molecule has 1 N–H and O–H groups in total. The number of anilines is 1. The molecule has 3 aromatic carbocycles. The van der Waals surface area contributed by atoms with Gasteiger partial charge < -0.3 is 5.32 Å². The third-order valence-corrected chi connectivity index (χ3v) is 7.49. The van der Waals surface area contributed by atoms with Gasteiger partial charge in [0, 0.05) is 6.54 Å². The van der Waals surface area contributed by atoms with Gasteiger partial charge in [-0.05, 0) is 61.6 Å². The van der Waals surface area contributed by atoms with Crippen LogP contribution in [-0.4, -0.2) is 27.4 Å². The highest BCUT2D eigenvalue weighted by molar-refractivity contribution is 7.92. The van der Waals surface area contributed by atoms with E-state index in [-0.39, 0.29) is 23.3 Å². The molecule has 0 aliphatic heterocycles. The molecule has 3 aromatic rings. The molecule has 0 spiro atoms. The van der Waals surface area contributed by atoms with E-state index in [1.54, 1.807) is 30.3 Å². The van der Waals surface area contributed by atoms with E-state index in [1.807, 2.05) is 70.2 Å². The molecule has 6 heteroatoms. The van der Waals surface area contributed by atoms with E-state index in [2.05, 4.69) is 5.32 Å². The van der Waals surface area contributed by atoms with Gasteiger partial charge in [-0.3, -0.25) is 9.10 Å². The Morgan fingerprint density at radius 3 is 2.22 bits per heavy atom. The first-order valence-corrected chi connectivity index (χ1v) is 12.1. The zero-order valence-corrected chi connectivity index (χ0v) is 19.8. The molecule has 0 unspecified atom stereocenters. The lowest BCUT2D eigenvalue weighted by molar-refractivity contribution is -0.119. The fourth-order valence-corrected chi connectivity index (χ4v) is 4.97. The maximum Gasteiger partial charge on any atom is 0.264 e. The Labute approximate surface area is 191 Å². The van der Waals surface area contributed by atoms with E-state index in [9.17, 15) is 13.2 Å². The van der Waals surface area contributed by atoms with Crippen molar-refractivity contribution >= 4 is 21.6 Å². The molecule has 1 atom stereocenters. The minimum atomic E-state index is -3.92. The van der Waals surface area contributed by atoms with Crippen LogP contribution in [0.2, 0.25) is 0 Å². The van der Waals surface area contributed by atoms with Gasteiger partial charge >= 0.3 is 0 Å². The molecule has 0 bridgehead atoms. The maximum atomic E-state index is 13.5. The van der Waals surface area contributed by atoms with E-state index in [0.29, 0.717) is 12.2 Å². The first-order valence-electron chi connectivity index (χ1n) is 10.7. The van der Waals surface area contributed by atoms with E-state index < -0.39 is 10.0 Å². The van der Waals surface area contributed by atoms with Gasteiger partial charge in [-0.2, -0.15) is 0 Å². The van der Waals surface area contributed by atoms with Crippen LogP contribution in [0.1, 0.15) is 35.1 Å². The molecule has 0 aliphatic carbocycles. The number of nitrogens with one attached hydrogen (secondary N) is 1. The molecule has 32 heavy (non-hydrogen) atoms. The Hall–Kier alpha value is -3.12. The van der Waals surface area contributed by atoms with Gasteiger partial charge in [0.25, 0.3) is 10.0 Å². The minimum Gasteiger partial charge on any atom is -0.354 e. The number of carbonyl (C=O) groups is 1. The minimum absolute atomic E-state index is 0.114. The van der Waals surface area contributed by atoms with Crippen LogP contribution >= 0.6 is 0 Å². The Bertz CT molecular complexity index is 1170. The summed E-state index contributed by atoms with van der Waals surface area (Å²) >= 11 is 0. The molecule has 0 fully saturated rings. The summed E-state index contributed by atoms with van der Waals surface area (Å²) in [6.45, 7) is 7.87. The SMILES string of the molecule is Cc1ccc(S(=O)(=O)N(CC(=O)NC[C@H](C)c2ccccc2)c2cccc(C)c2C)cc1. The Balaban J connectivity index is 1.87. The number of aryl methyl sites for hydroxylation is 2. The van der Waals surface area contributed by atoms with Crippen LogP contribution in [0.5, 0.6) is 0 Å². The summed E-state index contributed by atoms with van der Waals surface area (Å²) in [6, 6.07) is 22.1. The topological polar surface area (TPSA) is 66.5 Å². The van der Waals surface area contributed by atoms with Crippen LogP contribution in [-0.2, 0) is 14.8 Å². The Morgan fingerprint density at radius 1 is 0.906 bits per heavy atom. The summed E-state index contributed by atoms with van der Waals surface area (Å²) in [5, 5.41) is 2.90. The second-order valence-electron chi connectivity index (χ2n) is 8.16. The summed E-state index contributed by atoms with van der Waals surface area (Å²) in [5.41, 5.74) is 4.39. The van der Waals surface area contributed by atoms with Gasteiger partial charge in [-0.15, -0.1) is 0 Å². The van der Waals surface area contributed by atoms with Crippen molar-refractivity contribution in [2.24, 2.45) is 0 Å². The second-order valence-corrected chi connectivity index (χ2v) is 10.0. The van der Waals surface area contributed by atoms with E-state index in [1.165, 1.54) is 4.31 Å². The lowest BCUT2D eigenvalue weighted by Crippen LogP contribution is -2.42. The number of hydrogen-bond donors (Lipinski definition) is 1. The van der Waals surface area contributed by atoms with Gasteiger partial charge in [0.05, 0.1) is 10.6 Å². The van der Waals surface area contributed by atoms with Crippen molar-refractivity contribution in [3.05, 3.63) is 95.1 Å². The highest BCUT2D eigenvalue weighted by Gasteiger charge is 2.28. The number of nitrogens with zero attached hydrogens (tertiary/aromatic N) is 1. The average Bonchev–Trinajstić information content (AvgIpc) is 2.78. The molecule has 0 radical (unpaired) electrons. The van der Waals surface area contributed by atoms with Crippen molar-refractivity contribution < 1.29 is 13.2 Å². The molecular formula is C26H30N2O3S. The largest absolute Gasteiger partial charge is 0.354 e. The quantitative estimate of drug-likeness (QED) is 0.540. The zero-order chi connectivity index (χ0) is 23.3. The maximum absolute atomic E-state index is 13.5. The first kappa shape index (κ1) is 23.5. The van der Waals surface area contributed by atoms with Crippen LogP contribution in [0.25, 0.3) is 0 Å². The summed E-state index contributed by atoms with van der Waals surface area (Å²) in [4.78, 5) is 13.0. The van der Waals surface area contributed by atoms with E-state index in [0.717, 1.165) is 22.3 Å². The van der Waals surface area contributed by atoms with Crippen LogP contribution in [0, 0.1) is 20.8 Å². The molecule has 1 amide bonds. The van der Waals surface area contributed by atoms with Crippen LogP contribution in [0.3, 0.4) is 0 Å². The molecule has 0 saturated carbocycles. The smallest absolute Gasteiger partial charge is 0.264 e. The predicted molar refractivity (Wildman–Crippen MR) is 129 cm³/mol. The highest BCUT2D eigenvalue weighted by Crippen LogP contribution is 2.28. The summed E-state index contributed by atoms with van der Waals surface area (Å²) in [5.74, 6) is -0.229. The van der Waals surface area contributed by atoms with Crippen molar-refractivity contribution in [1.82, 2.24) is 5.32 Å². The lowest BCUT2D eigenvalue weighted by Gasteiger charge is -2.26. The van der Waals surface area contributed by atoms with Gasteiger partial charge in [-0.1, -0.05) is 67.1 Å². The Morgan fingerprint density at radius 2 is 1.56 bits per heavy atom. The molecule has 168 valence electrons. The summed E-state index contributed by atoms with van der Waals surface area (Å²) in [7, 11) is -3.92. The zero-order valence-electron chi connectivity index (χ0n) is 19.0. The number of benzene rings is 3. The standard InChI is InChI=1S/C26H30N2O3S/c1-19-13-15-24(16-14-19)32(30,31)28(25-12-8-9-20(2)22(25)4)18-26(29)27-17-21(3)23-10-6-5-7-11-23/h5-16,21H,17-18H2,1-4H3,(H,27,29)/t21-/m0/s1. The third kappa shape index (κ3) is 5.37. The highest BCUT2D eigenvalue weighted by atomic mass is 32.2. The van der Waals surface area contributed by atoms with Crippen LogP contribution < -0.4 is 9.62 Å². The Kier molecular flexibility index (Phi) is 7.36. The van der Waals surface area contributed by atoms with Gasteiger partial charge in [0.2, 0.25) is 5.91 Å². The third-order valence-electron chi connectivity index (χ3n) is 5.71. The van der Waals surface area contributed by atoms with Crippen molar-refractivity contribution in [1.29, 1.82) is 0 Å². The van der Waals surface area contributed by atoms with Gasteiger partial charge in [0.15, 0.2) is 0 Å². The molecular weight excluding hydrogens is 420 g/mol. The fourth-order valence-electron chi connectivity index (χ4n) is 3.50. The first-order chi connectivity index (χ1) is 15.2. The number of rotatable bonds is 8. The predicted octanol–water partition coefficient (Wildman–Crippen LogP) is 4.73. The molecule has 5 nitrogen and oxygen atoms in total. The number of hydrogen-bond acceptors (Lipinski definition) is 3. The number of carbonyl (C=O) groups excluding carboxylic acids is 1. The summed E-state index contributed by atoms with van der Waals surface area (Å²) < 4.78 is 28.3. The monoisotopic (exact) mass is 450 g/mol. The van der Waals surface area contributed by atoms with Crippen molar-refractivity contribution in [2.75, 3.05) is 17.4 Å². The second kappa shape index (κ2) is 10.0. The van der Waals surface area contributed by atoms with Crippen LogP contribution in [0.15, 0.2) is 77.7 Å². The van der Waals surface area contributed by atoms with Crippen LogP contribution in [0.4, 0.5) is 5.69 Å². The molecule has 0 saturated heterocycles. The summed E-state index contributed by atoms with van der Waals surface area (Å²) in [6.07, 6.45) is 0. The molecule has 0 aliphatic rings. The van der Waals surface area contributed by atoms with E-state index >= 15 is 0 Å². The number of sulfonamides is 1. The van der Waals surface area contributed by atoms with Gasteiger partial charge in [-0.25, -0.2) is 8.42 Å². The molecule has 0 aromatic heterocycles. The lowest BCUT2D eigenvalue weighted by atomic mass is 10.0. The fraction of sp³-hybridized carbons (Fsp3) is 0.269. The average molecular weight is 451 g/mol. The van der Waals surface area contributed by atoms with Crippen molar-refractivity contribution in [2.45, 2.75) is 38.5 Å². The molecule has 3 rings (SSSR count). The van der Waals surface area contributed by atoms with Gasteiger partial charge in [0.1, 0.15) is 6.54 Å². The normalized spacial score (nSPS) is 12.2. The van der Waals surface area contributed by atoms with Crippen molar-refractivity contribution in [3.63, 3.8) is 0 Å². The van der Waals surface area contributed by atoms with Crippen molar-refractivity contribution in [3.8, 4) is 0 Å². The van der Waals surface area contributed by atoms with E-state index in [4.69, 9.17) is 0 Å².